The quantitative estimate of drug-likeness (QED) is 0.906. The molecule has 21 heavy (non-hydrogen) atoms. The molecule has 2 rings (SSSR count). The van der Waals surface area contributed by atoms with Crippen LogP contribution in [0.15, 0.2) is 24.3 Å². The molecular formula is C15H22N2O3S. The summed E-state index contributed by atoms with van der Waals surface area (Å²) in [5, 5.41) is 3.02. The number of nitrogens with zero attached hydrogens (tertiary/aromatic N) is 1. The molecule has 1 unspecified atom stereocenters. The van der Waals surface area contributed by atoms with Crippen molar-refractivity contribution in [2.45, 2.75) is 38.6 Å². The molecule has 116 valence electrons. The zero-order valence-corrected chi connectivity index (χ0v) is 13.3. The predicted octanol–water partition coefficient (Wildman–Crippen LogP) is 2.20. The summed E-state index contributed by atoms with van der Waals surface area (Å²) in [5.41, 5.74) is 1.55. The average Bonchev–Trinajstić information content (AvgIpc) is 2.44. The summed E-state index contributed by atoms with van der Waals surface area (Å²) in [6.07, 6.45) is 4.18. The van der Waals surface area contributed by atoms with E-state index in [4.69, 9.17) is 0 Å². The molecule has 0 fully saturated rings. The summed E-state index contributed by atoms with van der Waals surface area (Å²) in [5.74, 6) is 0.0319. The molecule has 0 aliphatic carbocycles. The second kappa shape index (κ2) is 6.47. The molecular weight excluding hydrogens is 288 g/mol. The Labute approximate surface area is 126 Å². The Balaban J connectivity index is 2.22. The number of anilines is 1. The van der Waals surface area contributed by atoms with Crippen LogP contribution < -0.4 is 9.62 Å². The first-order valence-corrected chi connectivity index (χ1v) is 9.14. The van der Waals surface area contributed by atoms with Gasteiger partial charge in [-0.25, -0.2) is 8.42 Å². The fourth-order valence-corrected chi connectivity index (χ4v) is 3.59. The Morgan fingerprint density at radius 2 is 2.10 bits per heavy atom. The molecule has 1 aromatic rings. The molecule has 1 amide bonds. The van der Waals surface area contributed by atoms with Crippen molar-refractivity contribution in [1.82, 2.24) is 5.32 Å². The maximum Gasteiger partial charge on any atom is 0.232 e. The van der Waals surface area contributed by atoms with Crippen molar-refractivity contribution < 1.29 is 13.2 Å². The largest absolute Gasteiger partial charge is 0.349 e. The lowest BCUT2D eigenvalue weighted by atomic mass is 9.97. The van der Waals surface area contributed by atoms with Crippen molar-refractivity contribution >= 4 is 21.6 Å². The van der Waals surface area contributed by atoms with Crippen molar-refractivity contribution in [3.05, 3.63) is 29.8 Å². The van der Waals surface area contributed by atoms with E-state index in [1.165, 1.54) is 10.6 Å². The van der Waals surface area contributed by atoms with Gasteiger partial charge in [-0.3, -0.25) is 9.10 Å². The van der Waals surface area contributed by atoms with Crippen LogP contribution in [-0.4, -0.2) is 27.1 Å². The highest BCUT2D eigenvalue weighted by atomic mass is 32.2. The van der Waals surface area contributed by atoms with Crippen molar-refractivity contribution in [1.29, 1.82) is 0 Å². The van der Waals surface area contributed by atoms with Crippen LogP contribution in [0.3, 0.4) is 0 Å². The summed E-state index contributed by atoms with van der Waals surface area (Å²) in [4.78, 5) is 11.9. The number of rotatable bonds is 5. The summed E-state index contributed by atoms with van der Waals surface area (Å²) in [6, 6.07) is 7.26. The number of fused-ring (bicyclic) bond motifs is 1. The van der Waals surface area contributed by atoms with E-state index < -0.39 is 10.0 Å². The summed E-state index contributed by atoms with van der Waals surface area (Å²) in [6.45, 7) is 2.45. The molecule has 0 aromatic heterocycles. The molecule has 5 nitrogen and oxygen atoms in total. The fourth-order valence-electron chi connectivity index (χ4n) is 2.63. The zero-order chi connectivity index (χ0) is 15.5. The van der Waals surface area contributed by atoms with Gasteiger partial charge in [0.15, 0.2) is 0 Å². The molecule has 0 bridgehead atoms. The minimum absolute atomic E-state index is 0.0319. The van der Waals surface area contributed by atoms with Crippen molar-refractivity contribution in [2.75, 3.05) is 17.1 Å². The third-order valence-electron chi connectivity index (χ3n) is 3.69. The summed E-state index contributed by atoms with van der Waals surface area (Å²) in [7, 11) is -3.28. The lowest BCUT2D eigenvalue weighted by Crippen LogP contribution is -2.40. The third-order valence-corrected chi connectivity index (χ3v) is 4.87. The van der Waals surface area contributed by atoms with Gasteiger partial charge in [-0.1, -0.05) is 31.5 Å². The number of amides is 1. The lowest BCUT2D eigenvalue weighted by molar-refractivity contribution is -0.122. The van der Waals surface area contributed by atoms with Crippen LogP contribution >= 0.6 is 0 Å². The van der Waals surface area contributed by atoms with Crippen LogP contribution in [0.5, 0.6) is 0 Å². The smallest absolute Gasteiger partial charge is 0.232 e. The Morgan fingerprint density at radius 1 is 1.38 bits per heavy atom. The first kappa shape index (κ1) is 15.8. The molecule has 0 saturated heterocycles. The Kier molecular flexibility index (Phi) is 4.88. The maximum atomic E-state index is 11.9. The third kappa shape index (κ3) is 3.75. The molecule has 1 atom stereocenters. The highest BCUT2D eigenvalue weighted by Gasteiger charge is 2.30. The van der Waals surface area contributed by atoms with Crippen LogP contribution in [0.2, 0.25) is 0 Å². The van der Waals surface area contributed by atoms with Gasteiger partial charge in [0.25, 0.3) is 0 Å². The second-order valence-corrected chi connectivity index (χ2v) is 7.31. The number of unbranched alkanes of at least 4 members (excludes halogenated alkanes) is 1. The highest BCUT2D eigenvalue weighted by molar-refractivity contribution is 7.92. The molecule has 1 N–H and O–H groups in total. The summed E-state index contributed by atoms with van der Waals surface area (Å²) < 4.78 is 25.1. The normalized spacial score (nSPS) is 18.2. The second-order valence-electron chi connectivity index (χ2n) is 5.41. The lowest BCUT2D eigenvalue weighted by Gasteiger charge is -2.34. The van der Waals surface area contributed by atoms with E-state index in [0.29, 0.717) is 25.1 Å². The van der Waals surface area contributed by atoms with Crippen LogP contribution in [0.4, 0.5) is 5.69 Å². The predicted molar refractivity (Wildman–Crippen MR) is 83.7 cm³/mol. The van der Waals surface area contributed by atoms with Crippen LogP contribution in [0.25, 0.3) is 0 Å². The van der Waals surface area contributed by atoms with E-state index in [1.54, 1.807) is 6.07 Å². The number of hydrogen-bond acceptors (Lipinski definition) is 3. The van der Waals surface area contributed by atoms with Gasteiger partial charge in [-0.2, -0.15) is 0 Å². The van der Waals surface area contributed by atoms with Crippen LogP contribution in [-0.2, 0) is 14.8 Å². The van der Waals surface area contributed by atoms with Gasteiger partial charge in [0.05, 0.1) is 18.0 Å². The Morgan fingerprint density at radius 3 is 2.76 bits per heavy atom. The van der Waals surface area contributed by atoms with E-state index in [2.05, 4.69) is 5.32 Å². The number of hydrogen-bond donors (Lipinski definition) is 1. The minimum atomic E-state index is -3.28. The highest BCUT2D eigenvalue weighted by Crippen LogP contribution is 2.34. The topological polar surface area (TPSA) is 66.5 Å². The number of carbonyl (C=O) groups is 1. The molecule has 1 aliphatic heterocycles. The van der Waals surface area contributed by atoms with Crippen LogP contribution in [0, 0.1) is 0 Å². The SMILES string of the molecule is CCCCC(=O)NC1CCN(S(C)(=O)=O)c2ccccc21. The molecule has 0 radical (unpaired) electrons. The van der Waals surface area contributed by atoms with Crippen molar-refractivity contribution in [2.24, 2.45) is 0 Å². The number of para-hydroxylation sites is 1. The number of sulfonamides is 1. The van der Waals surface area contributed by atoms with Gasteiger partial charge in [0.1, 0.15) is 0 Å². The van der Waals surface area contributed by atoms with Gasteiger partial charge in [0.2, 0.25) is 15.9 Å². The molecule has 1 aromatic carbocycles. The molecule has 0 saturated carbocycles. The van der Waals surface area contributed by atoms with Gasteiger partial charge in [0, 0.05) is 13.0 Å². The van der Waals surface area contributed by atoms with Crippen LogP contribution in [0.1, 0.15) is 44.2 Å². The van der Waals surface area contributed by atoms with Gasteiger partial charge in [-0.15, -0.1) is 0 Å². The molecule has 6 heteroatoms. The first-order chi connectivity index (χ1) is 9.93. The molecule has 1 aliphatic rings. The first-order valence-electron chi connectivity index (χ1n) is 7.29. The molecule has 1 heterocycles. The molecule has 0 spiro atoms. The Hall–Kier alpha value is -1.56. The Bertz CT molecular complexity index is 613. The minimum Gasteiger partial charge on any atom is -0.349 e. The number of nitrogens with one attached hydrogen (secondary N) is 1. The average molecular weight is 310 g/mol. The van der Waals surface area contributed by atoms with E-state index in [9.17, 15) is 13.2 Å². The monoisotopic (exact) mass is 310 g/mol. The van der Waals surface area contributed by atoms with E-state index >= 15 is 0 Å². The van der Waals surface area contributed by atoms with Gasteiger partial charge >= 0.3 is 0 Å². The van der Waals surface area contributed by atoms with Crippen molar-refractivity contribution in [3.8, 4) is 0 Å². The van der Waals surface area contributed by atoms with E-state index in [1.807, 2.05) is 25.1 Å². The van der Waals surface area contributed by atoms with Crippen molar-refractivity contribution in [3.63, 3.8) is 0 Å². The van der Waals surface area contributed by atoms with E-state index in [0.717, 1.165) is 18.4 Å². The van der Waals surface area contributed by atoms with Gasteiger partial charge in [-0.05, 0) is 24.5 Å². The maximum absolute atomic E-state index is 11.9. The summed E-state index contributed by atoms with van der Waals surface area (Å²) >= 11 is 0. The number of carbonyl (C=O) groups excluding carboxylic acids is 1. The zero-order valence-electron chi connectivity index (χ0n) is 12.5. The number of benzene rings is 1. The van der Waals surface area contributed by atoms with E-state index in [-0.39, 0.29) is 11.9 Å². The standard InChI is InChI=1S/C15H22N2O3S/c1-3-4-9-15(18)16-13-10-11-17(21(2,19)20)14-8-6-5-7-12(13)14/h5-8,13H,3-4,9-11H2,1-2H3,(H,16,18). The van der Waals surface area contributed by atoms with Gasteiger partial charge < -0.3 is 5.32 Å². The fraction of sp³-hybridized carbons (Fsp3) is 0.533.